The average molecular weight is 284 g/mol. The van der Waals surface area contributed by atoms with E-state index in [1.54, 1.807) is 0 Å². The summed E-state index contributed by atoms with van der Waals surface area (Å²) in [7, 11) is 0. The maximum absolute atomic E-state index is 5.68. The van der Waals surface area contributed by atoms with Crippen molar-refractivity contribution in [2.45, 2.75) is 39.3 Å². The zero-order valence-corrected chi connectivity index (χ0v) is 12.8. The summed E-state index contributed by atoms with van der Waals surface area (Å²) in [6.07, 6.45) is 2.60. The first-order chi connectivity index (χ1) is 10.2. The van der Waals surface area contributed by atoms with Crippen LogP contribution in [0.3, 0.4) is 0 Å². The van der Waals surface area contributed by atoms with Gasteiger partial charge in [0.2, 0.25) is 0 Å². The van der Waals surface area contributed by atoms with Gasteiger partial charge in [0, 0.05) is 23.5 Å². The lowest BCUT2D eigenvalue weighted by atomic mass is 9.91. The number of likely N-dealkylation sites (tertiary alicyclic amines) is 1. The molecule has 1 aliphatic rings. The molecule has 1 saturated heterocycles. The van der Waals surface area contributed by atoms with E-state index in [0.717, 1.165) is 30.3 Å². The second-order valence-corrected chi connectivity index (χ2v) is 6.16. The van der Waals surface area contributed by atoms with Crippen LogP contribution in [0.1, 0.15) is 32.3 Å². The molecular weight excluding hydrogens is 260 g/mol. The Bertz CT molecular complexity index is 625. The van der Waals surface area contributed by atoms with Crippen LogP contribution in [0, 0.1) is 5.92 Å². The molecule has 1 fully saturated rings. The molecule has 1 aliphatic heterocycles. The second kappa shape index (κ2) is 6.00. The summed E-state index contributed by atoms with van der Waals surface area (Å²) in [4.78, 5) is 7.18. The lowest BCUT2D eigenvalue weighted by molar-refractivity contribution is 0.107. The van der Waals surface area contributed by atoms with Crippen LogP contribution in [0.2, 0.25) is 0 Å². The highest BCUT2D eigenvalue weighted by Crippen LogP contribution is 2.27. The molecule has 0 bridgehead atoms. The van der Waals surface area contributed by atoms with E-state index >= 15 is 0 Å². The monoisotopic (exact) mass is 284 g/mol. The zero-order valence-electron chi connectivity index (χ0n) is 12.8. The number of nitrogens with two attached hydrogens (primary N) is 1. The number of nitrogens with one attached hydrogen (secondary N) is 1. The van der Waals surface area contributed by atoms with Crippen LogP contribution in [-0.4, -0.2) is 22.5 Å². The van der Waals surface area contributed by atoms with Gasteiger partial charge < -0.3 is 5.43 Å². The lowest BCUT2D eigenvalue weighted by Crippen LogP contribution is -2.41. The molecule has 2 aromatic rings. The largest absolute Gasteiger partial charge is 0.308 e. The first-order valence-corrected chi connectivity index (χ1v) is 7.78. The molecule has 4 heteroatoms. The van der Waals surface area contributed by atoms with Gasteiger partial charge in [0.25, 0.3) is 0 Å². The van der Waals surface area contributed by atoms with Crippen LogP contribution in [-0.2, 0) is 6.54 Å². The highest BCUT2D eigenvalue weighted by Gasteiger charge is 2.25. The smallest absolute Gasteiger partial charge is 0.145 e. The Morgan fingerprint density at radius 3 is 2.95 bits per heavy atom. The second-order valence-electron chi connectivity index (χ2n) is 6.16. The highest BCUT2D eigenvalue weighted by atomic mass is 15.3. The Kier molecular flexibility index (Phi) is 4.08. The number of hydrazine groups is 1. The van der Waals surface area contributed by atoms with Crippen molar-refractivity contribution < 1.29 is 0 Å². The van der Waals surface area contributed by atoms with Gasteiger partial charge in [-0.1, -0.05) is 25.1 Å². The van der Waals surface area contributed by atoms with Crippen LogP contribution in [0.5, 0.6) is 0 Å². The zero-order chi connectivity index (χ0) is 14.8. The van der Waals surface area contributed by atoms with Crippen molar-refractivity contribution in [1.29, 1.82) is 0 Å². The van der Waals surface area contributed by atoms with Gasteiger partial charge in [-0.05, 0) is 44.4 Å². The Morgan fingerprint density at radius 1 is 1.33 bits per heavy atom. The minimum atomic E-state index is 0.607. The van der Waals surface area contributed by atoms with Crippen molar-refractivity contribution >= 4 is 16.7 Å². The third kappa shape index (κ3) is 2.87. The molecule has 2 unspecified atom stereocenters. The van der Waals surface area contributed by atoms with E-state index in [1.165, 1.54) is 23.8 Å². The summed E-state index contributed by atoms with van der Waals surface area (Å²) in [5.41, 5.74) is 4.92. The van der Waals surface area contributed by atoms with Gasteiger partial charge in [0.15, 0.2) is 0 Å². The predicted octanol–water partition coefficient (Wildman–Crippen LogP) is 3.14. The van der Waals surface area contributed by atoms with Crippen molar-refractivity contribution in [3.63, 3.8) is 0 Å². The van der Waals surface area contributed by atoms with Crippen molar-refractivity contribution in [3.05, 3.63) is 35.9 Å². The standard InChI is InChI=1S/C17H24N4/c1-12-6-5-9-21(13(12)2)11-15-10-14-7-3-4-8-16(14)19-17(15)20-18/h3-4,7-8,10,12-13H,5-6,9,11,18H2,1-2H3,(H,19,20). The van der Waals surface area contributed by atoms with Crippen LogP contribution in [0.25, 0.3) is 10.9 Å². The Balaban J connectivity index is 1.91. The molecule has 0 aliphatic carbocycles. The SMILES string of the molecule is CC1CCCN(Cc2cc3ccccc3nc2NN)C1C. The summed E-state index contributed by atoms with van der Waals surface area (Å²) in [6, 6.07) is 11.0. The summed E-state index contributed by atoms with van der Waals surface area (Å²) in [5.74, 6) is 7.22. The van der Waals surface area contributed by atoms with Crippen LogP contribution >= 0.6 is 0 Å². The molecule has 2 atom stereocenters. The molecule has 0 saturated carbocycles. The van der Waals surface area contributed by atoms with Gasteiger partial charge in [0.05, 0.1) is 5.52 Å². The maximum Gasteiger partial charge on any atom is 0.145 e. The van der Waals surface area contributed by atoms with Crippen LogP contribution in [0.15, 0.2) is 30.3 Å². The normalized spacial score (nSPS) is 23.4. The quantitative estimate of drug-likeness (QED) is 0.671. The first-order valence-electron chi connectivity index (χ1n) is 7.78. The van der Waals surface area contributed by atoms with Gasteiger partial charge in [-0.2, -0.15) is 0 Å². The molecule has 0 spiro atoms. The number of nitrogens with zero attached hydrogens (tertiary/aromatic N) is 2. The number of hydrogen-bond acceptors (Lipinski definition) is 4. The third-order valence-corrected chi connectivity index (χ3v) is 4.82. The molecule has 0 radical (unpaired) electrons. The van der Waals surface area contributed by atoms with Gasteiger partial charge >= 0.3 is 0 Å². The number of fused-ring (bicyclic) bond motifs is 1. The summed E-state index contributed by atoms with van der Waals surface area (Å²) in [6.45, 7) is 6.73. The number of aromatic nitrogens is 1. The van der Waals surface area contributed by atoms with Gasteiger partial charge in [-0.25, -0.2) is 10.8 Å². The lowest BCUT2D eigenvalue weighted by Gasteiger charge is -2.38. The molecule has 0 amide bonds. The molecule has 21 heavy (non-hydrogen) atoms. The van der Waals surface area contributed by atoms with Crippen molar-refractivity contribution in [1.82, 2.24) is 9.88 Å². The number of anilines is 1. The molecule has 1 aromatic heterocycles. The highest BCUT2D eigenvalue weighted by molar-refractivity contribution is 5.81. The molecule has 3 N–H and O–H groups in total. The number of para-hydroxylation sites is 1. The Hall–Kier alpha value is -1.65. The average Bonchev–Trinajstić information content (AvgIpc) is 2.51. The predicted molar refractivity (Wildman–Crippen MR) is 87.8 cm³/mol. The third-order valence-electron chi connectivity index (χ3n) is 4.82. The number of rotatable bonds is 3. The van der Waals surface area contributed by atoms with E-state index in [4.69, 9.17) is 5.84 Å². The van der Waals surface area contributed by atoms with E-state index < -0.39 is 0 Å². The van der Waals surface area contributed by atoms with Crippen molar-refractivity contribution in [3.8, 4) is 0 Å². The number of pyridine rings is 1. The minimum absolute atomic E-state index is 0.607. The number of benzene rings is 1. The number of hydrogen-bond donors (Lipinski definition) is 2. The summed E-state index contributed by atoms with van der Waals surface area (Å²) < 4.78 is 0. The van der Waals surface area contributed by atoms with Gasteiger partial charge in [-0.15, -0.1) is 0 Å². The minimum Gasteiger partial charge on any atom is -0.308 e. The molecule has 2 heterocycles. The fourth-order valence-electron chi connectivity index (χ4n) is 3.27. The van der Waals surface area contributed by atoms with Crippen molar-refractivity contribution in [2.75, 3.05) is 12.0 Å². The maximum atomic E-state index is 5.68. The van der Waals surface area contributed by atoms with Crippen LogP contribution < -0.4 is 11.3 Å². The first kappa shape index (κ1) is 14.3. The molecule has 1 aromatic carbocycles. The Morgan fingerprint density at radius 2 is 2.14 bits per heavy atom. The molecule has 3 rings (SSSR count). The van der Waals surface area contributed by atoms with E-state index in [0.29, 0.717) is 6.04 Å². The Labute approximate surface area is 126 Å². The van der Waals surface area contributed by atoms with E-state index in [1.807, 2.05) is 12.1 Å². The molecule has 112 valence electrons. The summed E-state index contributed by atoms with van der Waals surface area (Å²) in [5, 5.41) is 1.17. The van der Waals surface area contributed by atoms with Gasteiger partial charge in [0.1, 0.15) is 5.82 Å². The van der Waals surface area contributed by atoms with E-state index in [-0.39, 0.29) is 0 Å². The van der Waals surface area contributed by atoms with Crippen molar-refractivity contribution in [2.24, 2.45) is 11.8 Å². The number of piperidine rings is 1. The van der Waals surface area contributed by atoms with Gasteiger partial charge in [-0.3, -0.25) is 4.90 Å². The van der Waals surface area contributed by atoms with Crippen LogP contribution in [0.4, 0.5) is 5.82 Å². The molecule has 4 nitrogen and oxygen atoms in total. The topological polar surface area (TPSA) is 54.2 Å². The molecular formula is C17H24N4. The fraction of sp³-hybridized carbons (Fsp3) is 0.471. The number of nitrogen functional groups attached to an aromatic ring is 1. The van der Waals surface area contributed by atoms with E-state index in [2.05, 4.69) is 47.4 Å². The van der Waals surface area contributed by atoms with E-state index in [9.17, 15) is 0 Å². The summed E-state index contributed by atoms with van der Waals surface area (Å²) >= 11 is 0. The fourth-order valence-corrected chi connectivity index (χ4v) is 3.27.